The van der Waals surface area contributed by atoms with Gasteiger partial charge in [0.2, 0.25) is 0 Å². The Bertz CT molecular complexity index is 828. The van der Waals surface area contributed by atoms with Crippen molar-refractivity contribution in [1.29, 1.82) is 10.5 Å². The van der Waals surface area contributed by atoms with Crippen LogP contribution in [-0.2, 0) is 0 Å². The molecule has 0 aromatic heterocycles. The highest BCUT2D eigenvalue weighted by molar-refractivity contribution is 5.94. The third kappa shape index (κ3) is 5.43. The predicted octanol–water partition coefficient (Wildman–Crippen LogP) is 3.05. The third-order valence-corrected chi connectivity index (χ3v) is 4.45. The van der Waals surface area contributed by atoms with Gasteiger partial charge in [0.05, 0.1) is 23.3 Å². The first-order valence-corrected chi connectivity index (χ1v) is 8.97. The molecule has 0 spiro atoms. The van der Waals surface area contributed by atoms with Crippen molar-refractivity contribution < 1.29 is 9.59 Å². The number of carbonyl (C=O) groups excluding carboxylic acids is 2. The van der Waals surface area contributed by atoms with Crippen LogP contribution in [0.15, 0.2) is 48.5 Å². The van der Waals surface area contributed by atoms with E-state index >= 15 is 0 Å². The fourth-order valence-corrected chi connectivity index (χ4v) is 2.72. The minimum absolute atomic E-state index is 0.0912. The Morgan fingerprint density at radius 1 is 0.714 bits per heavy atom. The van der Waals surface area contributed by atoms with E-state index < -0.39 is 0 Å². The largest absolute Gasteiger partial charge is 0.342 e. The van der Waals surface area contributed by atoms with Gasteiger partial charge in [-0.1, -0.05) is 0 Å². The lowest BCUT2D eigenvalue weighted by molar-refractivity contribution is 0.0766. The zero-order valence-electron chi connectivity index (χ0n) is 16.1. The van der Waals surface area contributed by atoms with E-state index in [1.165, 1.54) is 0 Å². The second-order valence-electron chi connectivity index (χ2n) is 6.54. The molecule has 0 aliphatic heterocycles. The van der Waals surface area contributed by atoms with Crippen LogP contribution in [-0.4, -0.2) is 48.8 Å². The van der Waals surface area contributed by atoms with Crippen molar-refractivity contribution in [2.75, 3.05) is 27.2 Å². The van der Waals surface area contributed by atoms with Gasteiger partial charge >= 0.3 is 0 Å². The molecule has 6 nitrogen and oxygen atoms in total. The van der Waals surface area contributed by atoms with Gasteiger partial charge in [-0.15, -0.1) is 0 Å². The molecule has 142 valence electrons. The molecule has 0 atom stereocenters. The Hall–Kier alpha value is -3.64. The summed E-state index contributed by atoms with van der Waals surface area (Å²) < 4.78 is 0. The van der Waals surface area contributed by atoms with Crippen LogP contribution in [0.1, 0.15) is 44.7 Å². The molecule has 28 heavy (non-hydrogen) atoms. The van der Waals surface area contributed by atoms with Crippen molar-refractivity contribution in [2.45, 2.75) is 12.8 Å². The summed E-state index contributed by atoms with van der Waals surface area (Å²) in [6, 6.07) is 17.2. The zero-order chi connectivity index (χ0) is 20.5. The maximum atomic E-state index is 12.4. The van der Waals surface area contributed by atoms with Crippen LogP contribution in [0.4, 0.5) is 0 Å². The van der Waals surface area contributed by atoms with Gasteiger partial charge in [-0.3, -0.25) is 9.59 Å². The van der Waals surface area contributed by atoms with Gasteiger partial charge in [0.1, 0.15) is 0 Å². The first-order chi connectivity index (χ1) is 13.5. The molecule has 2 rings (SSSR count). The first-order valence-electron chi connectivity index (χ1n) is 8.97. The van der Waals surface area contributed by atoms with E-state index in [0.717, 1.165) is 12.8 Å². The van der Waals surface area contributed by atoms with Gasteiger partial charge in [0, 0.05) is 38.3 Å². The van der Waals surface area contributed by atoms with E-state index in [1.54, 1.807) is 72.4 Å². The van der Waals surface area contributed by atoms with Gasteiger partial charge in [0.15, 0.2) is 0 Å². The Balaban J connectivity index is 1.77. The van der Waals surface area contributed by atoms with Crippen molar-refractivity contribution in [3.8, 4) is 12.1 Å². The topological polar surface area (TPSA) is 88.2 Å². The molecule has 2 aromatic rings. The van der Waals surface area contributed by atoms with Crippen LogP contribution >= 0.6 is 0 Å². The second-order valence-corrected chi connectivity index (χ2v) is 6.54. The molecular formula is C22H22N4O2. The molecule has 0 saturated carbocycles. The van der Waals surface area contributed by atoms with Crippen molar-refractivity contribution in [2.24, 2.45) is 0 Å². The molecule has 0 fully saturated rings. The van der Waals surface area contributed by atoms with Crippen molar-refractivity contribution >= 4 is 11.8 Å². The van der Waals surface area contributed by atoms with Crippen LogP contribution < -0.4 is 0 Å². The average molecular weight is 374 g/mol. The molecule has 0 aliphatic rings. The lowest BCUT2D eigenvalue weighted by Gasteiger charge is -2.20. The summed E-state index contributed by atoms with van der Waals surface area (Å²) in [6.45, 7) is 1.16. The highest BCUT2D eigenvalue weighted by atomic mass is 16.2. The van der Waals surface area contributed by atoms with Crippen LogP contribution in [0.25, 0.3) is 0 Å². The number of unbranched alkanes of at least 4 members (excludes halogenated alkanes) is 1. The molecule has 0 saturated heterocycles. The smallest absolute Gasteiger partial charge is 0.253 e. The number of nitrogens with zero attached hydrogens (tertiary/aromatic N) is 4. The summed E-state index contributed by atoms with van der Waals surface area (Å²) in [5.41, 5.74) is 2.15. The number of rotatable bonds is 7. The molecule has 0 unspecified atom stereocenters. The van der Waals surface area contributed by atoms with Crippen molar-refractivity contribution in [3.63, 3.8) is 0 Å². The molecule has 0 aliphatic carbocycles. The molecule has 0 N–H and O–H groups in total. The average Bonchev–Trinajstić information content (AvgIpc) is 2.75. The van der Waals surface area contributed by atoms with Crippen molar-refractivity contribution in [1.82, 2.24) is 9.80 Å². The Kier molecular flexibility index (Phi) is 7.30. The van der Waals surface area contributed by atoms with E-state index in [1.807, 2.05) is 12.1 Å². The minimum Gasteiger partial charge on any atom is -0.342 e. The summed E-state index contributed by atoms with van der Waals surface area (Å²) in [6.07, 6.45) is 1.53. The number of nitriles is 2. The number of benzene rings is 2. The summed E-state index contributed by atoms with van der Waals surface area (Å²) in [5.74, 6) is -0.182. The highest BCUT2D eigenvalue weighted by Crippen LogP contribution is 2.09. The molecule has 2 amide bonds. The lowest BCUT2D eigenvalue weighted by atomic mass is 10.1. The molecule has 0 radical (unpaired) electrons. The standard InChI is InChI=1S/C22H22N4O2/c1-25(21(27)19-9-5-17(15-23)6-10-19)13-3-4-14-26(2)22(28)20-11-7-18(16-24)8-12-20/h5-12H,3-4,13-14H2,1-2H3. The van der Waals surface area contributed by atoms with Crippen LogP contribution in [0.2, 0.25) is 0 Å². The molecule has 6 heteroatoms. The second kappa shape index (κ2) is 9.89. The Labute approximate surface area is 165 Å². The Morgan fingerprint density at radius 3 is 1.32 bits per heavy atom. The fraction of sp³-hybridized carbons (Fsp3) is 0.273. The van der Waals surface area contributed by atoms with Crippen LogP contribution in [0.5, 0.6) is 0 Å². The number of carbonyl (C=O) groups is 2. The zero-order valence-corrected chi connectivity index (χ0v) is 16.1. The third-order valence-electron chi connectivity index (χ3n) is 4.45. The van der Waals surface area contributed by atoms with E-state index in [-0.39, 0.29) is 11.8 Å². The molecule has 2 aromatic carbocycles. The maximum Gasteiger partial charge on any atom is 0.253 e. The summed E-state index contributed by atoms with van der Waals surface area (Å²) in [7, 11) is 3.48. The van der Waals surface area contributed by atoms with E-state index in [4.69, 9.17) is 10.5 Å². The normalized spacial score (nSPS) is 9.86. The summed E-state index contributed by atoms with van der Waals surface area (Å²) >= 11 is 0. The monoisotopic (exact) mass is 374 g/mol. The van der Waals surface area contributed by atoms with Crippen LogP contribution in [0, 0.1) is 22.7 Å². The quantitative estimate of drug-likeness (QED) is 0.697. The number of amides is 2. The van der Waals surface area contributed by atoms with E-state index in [2.05, 4.69) is 0 Å². The van der Waals surface area contributed by atoms with Gasteiger partial charge in [0.25, 0.3) is 11.8 Å². The molecular weight excluding hydrogens is 352 g/mol. The maximum absolute atomic E-state index is 12.4. The van der Waals surface area contributed by atoms with Crippen LogP contribution in [0.3, 0.4) is 0 Å². The first kappa shape index (κ1) is 20.7. The van der Waals surface area contributed by atoms with Crippen molar-refractivity contribution in [3.05, 3.63) is 70.8 Å². The van der Waals surface area contributed by atoms with Gasteiger partial charge in [-0.2, -0.15) is 10.5 Å². The fourth-order valence-electron chi connectivity index (χ4n) is 2.72. The summed E-state index contributed by atoms with van der Waals surface area (Å²) in [4.78, 5) is 28.0. The number of hydrogen-bond acceptors (Lipinski definition) is 4. The van der Waals surface area contributed by atoms with Gasteiger partial charge in [-0.05, 0) is 61.4 Å². The van der Waals surface area contributed by atoms with Gasteiger partial charge in [-0.25, -0.2) is 0 Å². The molecule has 0 bridgehead atoms. The lowest BCUT2D eigenvalue weighted by Crippen LogP contribution is -2.30. The minimum atomic E-state index is -0.0912. The molecule has 0 heterocycles. The SMILES string of the molecule is CN(CCCCN(C)C(=O)c1ccc(C#N)cc1)C(=O)c1ccc(C#N)cc1. The van der Waals surface area contributed by atoms with E-state index in [9.17, 15) is 9.59 Å². The number of hydrogen-bond donors (Lipinski definition) is 0. The summed E-state index contributed by atoms with van der Waals surface area (Å²) in [5, 5.41) is 17.6. The predicted molar refractivity (Wildman–Crippen MR) is 105 cm³/mol. The Morgan fingerprint density at radius 2 is 1.04 bits per heavy atom. The van der Waals surface area contributed by atoms with E-state index in [0.29, 0.717) is 35.3 Å². The van der Waals surface area contributed by atoms with Gasteiger partial charge < -0.3 is 9.80 Å². The highest BCUT2D eigenvalue weighted by Gasteiger charge is 2.13.